The van der Waals surface area contributed by atoms with Gasteiger partial charge in [0.1, 0.15) is 5.75 Å². The summed E-state index contributed by atoms with van der Waals surface area (Å²) in [5.41, 5.74) is 1.45. The third kappa shape index (κ3) is 2.83. The van der Waals surface area contributed by atoms with E-state index < -0.39 is 0 Å². The zero-order valence-corrected chi connectivity index (χ0v) is 12.1. The number of rotatable bonds is 4. The molecule has 0 fully saturated rings. The minimum absolute atomic E-state index is 0.145. The minimum Gasteiger partial charge on any atom is -0.497 e. The number of hydrogen-bond acceptors (Lipinski definition) is 5. The van der Waals surface area contributed by atoms with Crippen molar-refractivity contribution in [3.8, 4) is 17.1 Å². The molecule has 0 amide bonds. The summed E-state index contributed by atoms with van der Waals surface area (Å²) >= 11 is 1.11. The standard InChI is InChI=1S/C16H12N2O2S/c1-20-13-9-5-8-12(10-13)14(19)16-17-15(18-21-16)11-6-3-2-4-7-11/h2-10H,1H3. The number of aromatic nitrogens is 2. The van der Waals surface area contributed by atoms with Crippen molar-refractivity contribution in [2.24, 2.45) is 0 Å². The van der Waals surface area contributed by atoms with Crippen LogP contribution in [0.3, 0.4) is 0 Å². The number of hydrogen-bond donors (Lipinski definition) is 0. The number of nitrogens with zero attached hydrogens (tertiary/aromatic N) is 2. The first kappa shape index (κ1) is 13.5. The zero-order valence-electron chi connectivity index (χ0n) is 11.3. The lowest BCUT2D eigenvalue weighted by Gasteiger charge is -2.01. The van der Waals surface area contributed by atoms with Crippen molar-refractivity contribution < 1.29 is 9.53 Å². The minimum atomic E-state index is -0.145. The summed E-state index contributed by atoms with van der Waals surface area (Å²) in [5.74, 6) is 1.08. The Labute approximate surface area is 126 Å². The summed E-state index contributed by atoms with van der Waals surface area (Å²) in [6.45, 7) is 0. The van der Waals surface area contributed by atoms with E-state index in [4.69, 9.17) is 4.74 Å². The highest BCUT2D eigenvalue weighted by atomic mass is 32.1. The highest BCUT2D eigenvalue weighted by Gasteiger charge is 2.16. The predicted molar refractivity (Wildman–Crippen MR) is 81.8 cm³/mol. The lowest BCUT2D eigenvalue weighted by atomic mass is 10.1. The molecule has 5 heteroatoms. The molecular formula is C16H12N2O2S. The van der Waals surface area contributed by atoms with E-state index in [2.05, 4.69) is 9.36 Å². The molecule has 0 unspecified atom stereocenters. The summed E-state index contributed by atoms with van der Waals surface area (Å²) < 4.78 is 9.38. The SMILES string of the molecule is COc1cccc(C(=O)c2nc(-c3ccccc3)ns2)c1. The molecule has 3 rings (SSSR count). The van der Waals surface area contributed by atoms with Gasteiger partial charge in [0.25, 0.3) is 0 Å². The third-order valence-electron chi connectivity index (χ3n) is 2.98. The topological polar surface area (TPSA) is 52.1 Å². The predicted octanol–water partition coefficient (Wildman–Crippen LogP) is 3.44. The molecule has 0 radical (unpaired) electrons. The van der Waals surface area contributed by atoms with Crippen molar-refractivity contribution in [1.82, 2.24) is 9.36 Å². The van der Waals surface area contributed by atoms with Gasteiger partial charge in [0, 0.05) is 11.1 Å². The Morgan fingerprint density at radius 2 is 1.90 bits per heavy atom. The molecule has 0 N–H and O–H groups in total. The smallest absolute Gasteiger partial charge is 0.223 e. The molecule has 3 aromatic rings. The Morgan fingerprint density at radius 1 is 1.10 bits per heavy atom. The van der Waals surface area contributed by atoms with Gasteiger partial charge in [0.2, 0.25) is 5.78 Å². The summed E-state index contributed by atoms with van der Waals surface area (Å²) in [5, 5.41) is 0.377. The van der Waals surface area contributed by atoms with E-state index in [0.29, 0.717) is 22.1 Å². The Morgan fingerprint density at radius 3 is 2.67 bits per heavy atom. The number of methoxy groups -OCH3 is 1. The van der Waals surface area contributed by atoms with Crippen LogP contribution < -0.4 is 4.74 Å². The number of carbonyl (C=O) groups is 1. The summed E-state index contributed by atoms with van der Waals surface area (Å²) in [4.78, 5) is 16.7. The molecule has 0 aliphatic heterocycles. The molecule has 0 bridgehead atoms. The van der Waals surface area contributed by atoms with Gasteiger partial charge in [-0.25, -0.2) is 4.98 Å². The van der Waals surface area contributed by atoms with Crippen molar-refractivity contribution >= 4 is 17.3 Å². The number of ether oxygens (including phenoxy) is 1. The van der Waals surface area contributed by atoms with Crippen LogP contribution in [0.15, 0.2) is 54.6 Å². The molecule has 1 aromatic heterocycles. The maximum atomic E-state index is 12.4. The maximum Gasteiger partial charge on any atom is 0.223 e. The molecule has 21 heavy (non-hydrogen) atoms. The molecule has 0 spiro atoms. The Bertz CT molecular complexity index is 769. The summed E-state index contributed by atoms with van der Waals surface area (Å²) in [7, 11) is 1.57. The lowest BCUT2D eigenvalue weighted by molar-refractivity contribution is 0.103. The van der Waals surface area contributed by atoms with Gasteiger partial charge in [-0.15, -0.1) is 0 Å². The Hall–Kier alpha value is -2.53. The van der Waals surface area contributed by atoms with Crippen LogP contribution in [0.2, 0.25) is 0 Å². The van der Waals surface area contributed by atoms with E-state index in [1.54, 1.807) is 31.4 Å². The summed E-state index contributed by atoms with van der Waals surface area (Å²) in [6.07, 6.45) is 0. The second-order valence-electron chi connectivity index (χ2n) is 4.35. The van der Waals surface area contributed by atoms with Crippen LogP contribution in [0, 0.1) is 0 Å². The summed E-state index contributed by atoms with van der Waals surface area (Å²) in [6, 6.07) is 16.6. The molecule has 0 saturated heterocycles. The largest absolute Gasteiger partial charge is 0.497 e. The quantitative estimate of drug-likeness (QED) is 0.692. The molecule has 0 aliphatic carbocycles. The average molecular weight is 296 g/mol. The fourth-order valence-electron chi connectivity index (χ4n) is 1.91. The van der Waals surface area contributed by atoms with E-state index in [0.717, 1.165) is 17.1 Å². The molecule has 0 aliphatic rings. The maximum absolute atomic E-state index is 12.4. The van der Waals surface area contributed by atoms with Crippen LogP contribution in [0.25, 0.3) is 11.4 Å². The highest BCUT2D eigenvalue weighted by molar-refractivity contribution is 7.08. The molecule has 4 nitrogen and oxygen atoms in total. The molecule has 1 heterocycles. The van der Waals surface area contributed by atoms with Crippen LogP contribution in [0.5, 0.6) is 5.75 Å². The van der Waals surface area contributed by atoms with Crippen LogP contribution in [-0.4, -0.2) is 22.3 Å². The molecule has 104 valence electrons. The zero-order chi connectivity index (χ0) is 14.7. The van der Waals surface area contributed by atoms with Gasteiger partial charge in [-0.3, -0.25) is 4.79 Å². The van der Waals surface area contributed by atoms with Crippen molar-refractivity contribution in [3.63, 3.8) is 0 Å². The van der Waals surface area contributed by atoms with Gasteiger partial charge >= 0.3 is 0 Å². The monoisotopic (exact) mass is 296 g/mol. The van der Waals surface area contributed by atoms with Crippen LogP contribution in [-0.2, 0) is 0 Å². The first-order chi connectivity index (χ1) is 10.3. The normalized spacial score (nSPS) is 10.3. The van der Waals surface area contributed by atoms with E-state index >= 15 is 0 Å². The third-order valence-corrected chi connectivity index (χ3v) is 3.70. The van der Waals surface area contributed by atoms with Gasteiger partial charge < -0.3 is 4.74 Å². The van der Waals surface area contributed by atoms with Crippen LogP contribution >= 0.6 is 11.5 Å². The first-order valence-corrected chi connectivity index (χ1v) is 7.13. The van der Waals surface area contributed by atoms with E-state index in [-0.39, 0.29) is 5.78 Å². The number of benzene rings is 2. The van der Waals surface area contributed by atoms with Crippen molar-refractivity contribution in [1.29, 1.82) is 0 Å². The van der Waals surface area contributed by atoms with Gasteiger partial charge in [0.05, 0.1) is 7.11 Å². The van der Waals surface area contributed by atoms with E-state index in [9.17, 15) is 4.79 Å². The van der Waals surface area contributed by atoms with Crippen LogP contribution in [0.1, 0.15) is 15.4 Å². The first-order valence-electron chi connectivity index (χ1n) is 6.36. The molecule has 0 saturated carbocycles. The van der Waals surface area contributed by atoms with Gasteiger partial charge in [0.15, 0.2) is 10.8 Å². The Kier molecular flexibility index (Phi) is 3.75. The fourth-order valence-corrected chi connectivity index (χ4v) is 2.56. The average Bonchev–Trinajstić information content (AvgIpc) is 3.05. The van der Waals surface area contributed by atoms with Crippen molar-refractivity contribution in [2.45, 2.75) is 0 Å². The van der Waals surface area contributed by atoms with Gasteiger partial charge in [-0.05, 0) is 23.7 Å². The van der Waals surface area contributed by atoms with Gasteiger partial charge in [-0.2, -0.15) is 4.37 Å². The van der Waals surface area contributed by atoms with Crippen molar-refractivity contribution in [2.75, 3.05) is 7.11 Å². The fraction of sp³-hybridized carbons (Fsp3) is 0.0625. The molecule has 2 aromatic carbocycles. The van der Waals surface area contributed by atoms with E-state index in [1.807, 2.05) is 30.3 Å². The van der Waals surface area contributed by atoms with Crippen LogP contribution in [0.4, 0.5) is 0 Å². The van der Waals surface area contributed by atoms with Crippen molar-refractivity contribution in [3.05, 3.63) is 65.2 Å². The second kappa shape index (κ2) is 5.85. The van der Waals surface area contributed by atoms with E-state index in [1.165, 1.54) is 0 Å². The highest BCUT2D eigenvalue weighted by Crippen LogP contribution is 2.21. The molecular weight excluding hydrogens is 284 g/mol. The molecule has 0 atom stereocenters. The number of ketones is 1. The Balaban J connectivity index is 1.91. The number of carbonyl (C=O) groups excluding carboxylic acids is 1. The van der Waals surface area contributed by atoms with Gasteiger partial charge in [-0.1, -0.05) is 42.5 Å². The lowest BCUT2D eigenvalue weighted by Crippen LogP contribution is -2.01. The second-order valence-corrected chi connectivity index (χ2v) is 5.10.